The van der Waals surface area contributed by atoms with Crippen LogP contribution in [0.4, 0.5) is 0 Å². The number of hydrogen-bond acceptors (Lipinski definition) is 2. The van der Waals surface area contributed by atoms with Gasteiger partial charge >= 0.3 is 0 Å². The number of carbonyl (C=O) groups excluding carboxylic acids is 1. The second-order valence-electron chi connectivity index (χ2n) is 10.1. The third-order valence-electron chi connectivity index (χ3n) is 7.40. The molecule has 2 aromatic rings. The van der Waals surface area contributed by atoms with Gasteiger partial charge in [-0.1, -0.05) is 25.4 Å². The molecule has 0 spiro atoms. The molecule has 1 unspecified atom stereocenters. The summed E-state index contributed by atoms with van der Waals surface area (Å²) in [7, 11) is 0. The zero-order valence-corrected chi connectivity index (χ0v) is 19.0. The first-order valence-corrected chi connectivity index (χ1v) is 12.2. The van der Waals surface area contributed by atoms with Gasteiger partial charge in [0.15, 0.2) is 0 Å². The first kappa shape index (κ1) is 20.4. The number of nitrogens with zero attached hydrogens (tertiary/aromatic N) is 2. The van der Waals surface area contributed by atoms with Crippen LogP contribution in [0.25, 0.3) is 10.9 Å². The normalized spacial score (nSPS) is 23.3. The molecule has 1 aromatic heterocycles. The smallest absolute Gasteiger partial charge is 0.223 e. The van der Waals surface area contributed by atoms with E-state index in [1.807, 2.05) is 6.07 Å². The van der Waals surface area contributed by atoms with Gasteiger partial charge in [0.05, 0.1) is 6.04 Å². The number of carbonyl (C=O) groups is 1. The quantitative estimate of drug-likeness (QED) is 0.678. The van der Waals surface area contributed by atoms with Crippen molar-refractivity contribution < 1.29 is 4.79 Å². The van der Waals surface area contributed by atoms with Gasteiger partial charge in [-0.05, 0) is 87.2 Å². The topological polar surface area (TPSA) is 39.3 Å². The lowest BCUT2D eigenvalue weighted by molar-refractivity contribution is -0.136. The van der Waals surface area contributed by atoms with Crippen molar-refractivity contribution in [1.29, 1.82) is 0 Å². The fourth-order valence-electron chi connectivity index (χ4n) is 5.65. The first-order chi connectivity index (χ1) is 14.5. The van der Waals surface area contributed by atoms with Crippen LogP contribution in [0.15, 0.2) is 18.2 Å². The van der Waals surface area contributed by atoms with Crippen LogP contribution < -0.4 is 0 Å². The Kier molecular flexibility index (Phi) is 5.57. The molecular weight excluding hydrogens is 394 g/mol. The SMILES string of the molecule is CC(C)CC1c2[nH]c3ccc(Cl)cc3c2CCN1C(=O)CC1CCN(C2CC2)CC1. The summed E-state index contributed by atoms with van der Waals surface area (Å²) in [5, 5.41) is 2.01. The highest BCUT2D eigenvalue weighted by Crippen LogP contribution is 2.39. The molecule has 1 aromatic carbocycles. The Morgan fingerprint density at radius 2 is 1.93 bits per heavy atom. The second kappa shape index (κ2) is 8.20. The van der Waals surface area contributed by atoms with Crippen molar-refractivity contribution >= 4 is 28.4 Å². The highest BCUT2D eigenvalue weighted by Gasteiger charge is 2.36. The van der Waals surface area contributed by atoms with Gasteiger partial charge < -0.3 is 14.8 Å². The number of aromatic amines is 1. The number of rotatable bonds is 5. The predicted molar refractivity (Wildman–Crippen MR) is 123 cm³/mol. The van der Waals surface area contributed by atoms with Crippen LogP contribution in [0.2, 0.25) is 5.02 Å². The molecule has 1 saturated heterocycles. The van der Waals surface area contributed by atoms with Crippen molar-refractivity contribution in [2.24, 2.45) is 11.8 Å². The minimum absolute atomic E-state index is 0.152. The Labute approximate surface area is 184 Å². The highest BCUT2D eigenvalue weighted by atomic mass is 35.5. The summed E-state index contributed by atoms with van der Waals surface area (Å²) in [6, 6.07) is 7.10. The van der Waals surface area contributed by atoms with Gasteiger partial charge in [0.2, 0.25) is 5.91 Å². The number of H-pyrrole nitrogens is 1. The van der Waals surface area contributed by atoms with E-state index in [9.17, 15) is 4.79 Å². The fraction of sp³-hybridized carbons (Fsp3) is 0.640. The third kappa shape index (κ3) is 4.01. The van der Waals surface area contributed by atoms with Gasteiger partial charge in [-0.25, -0.2) is 0 Å². The number of piperidine rings is 1. The molecule has 5 heteroatoms. The highest BCUT2D eigenvalue weighted by molar-refractivity contribution is 6.31. The lowest BCUT2D eigenvalue weighted by Gasteiger charge is -2.38. The van der Waals surface area contributed by atoms with Gasteiger partial charge in [-0.15, -0.1) is 0 Å². The molecule has 2 aliphatic heterocycles. The van der Waals surface area contributed by atoms with Crippen LogP contribution in [0.3, 0.4) is 0 Å². The summed E-state index contributed by atoms with van der Waals surface area (Å²) in [5.41, 5.74) is 3.74. The number of fused-ring (bicyclic) bond motifs is 3. The summed E-state index contributed by atoms with van der Waals surface area (Å²) in [6.07, 6.45) is 7.75. The minimum atomic E-state index is 0.152. The van der Waals surface area contributed by atoms with E-state index in [0.717, 1.165) is 36.0 Å². The molecule has 1 saturated carbocycles. The molecule has 1 aliphatic carbocycles. The van der Waals surface area contributed by atoms with Crippen LogP contribution >= 0.6 is 11.6 Å². The summed E-state index contributed by atoms with van der Waals surface area (Å²) in [5.74, 6) is 1.44. The van der Waals surface area contributed by atoms with E-state index >= 15 is 0 Å². The summed E-state index contributed by atoms with van der Waals surface area (Å²) >= 11 is 6.28. The molecule has 162 valence electrons. The molecule has 1 atom stereocenters. The summed E-state index contributed by atoms with van der Waals surface area (Å²) in [4.78, 5) is 21.9. The molecule has 30 heavy (non-hydrogen) atoms. The number of aromatic nitrogens is 1. The largest absolute Gasteiger partial charge is 0.356 e. The van der Waals surface area contributed by atoms with Crippen LogP contribution in [0.5, 0.6) is 0 Å². The van der Waals surface area contributed by atoms with Crippen molar-refractivity contribution in [3.63, 3.8) is 0 Å². The number of nitrogens with one attached hydrogen (secondary N) is 1. The molecule has 4 nitrogen and oxygen atoms in total. The number of likely N-dealkylation sites (tertiary alicyclic amines) is 1. The standard InChI is InChI=1S/C25H34ClN3O/c1-16(2)13-23-25-20(21-15-18(26)3-6-22(21)27-25)9-12-29(23)24(30)14-17-7-10-28(11-8-17)19-4-5-19/h3,6,15-17,19,23,27H,4-5,7-14H2,1-2H3. The van der Waals surface area contributed by atoms with Gasteiger partial charge in [0, 0.05) is 40.6 Å². The first-order valence-electron chi connectivity index (χ1n) is 11.8. The van der Waals surface area contributed by atoms with Crippen molar-refractivity contribution in [3.8, 4) is 0 Å². The number of halogens is 1. The Morgan fingerprint density at radius 1 is 1.17 bits per heavy atom. The number of hydrogen-bond donors (Lipinski definition) is 1. The van der Waals surface area contributed by atoms with Gasteiger partial charge in [-0.2, -0.15) is 0 Å². The van der Waals surface area contributed by atoms with E-state index in [1.165, 1.54) is 55.4 Å². The van der Waals surface area contributed by atoms with E-state index in [-0.39, 0.29) is 6.04 Å². The second-order valence-corrected chi connectivity index (χ2v) is 10.5. The Balaban J connectivity index is 1.34. The lowest BCUT2D eigenvalue weighted by atomic mass is 9.89. The van der Waals surface area contributed by atoms with Crippen molar-refractivity contribution in [2.75, 3.05) is 19.6 Å². The Morgan fingerprint density at radius 3 is 2.63 bits per heavy atom. The molecule has 0 bridgehead atoms. The van der Waals surface area contributed by atoms with E-state index in [2.05, 4.69) is 40.8 Å². The average molecular weight is 428 g/mol. The van der Waals surface area contributed by atoms with Crippen LogP contribution in [0, 0.1) is 11.8 Å². The monoisotopic (exact) mass is 427 g/mol. The molecule has 3 aliphatic rings. The minimum Gasteiger partial charge on any atom is -0.356 e. The molecular formula is C25H34ClN3O. The van der Waals surface area contributed by atoms with Crippen molar-refractivity contribution in [2.45, 2.75) is 70.9 Å². The molecule has 1 amide bonds. The molecule has 2 fully saturated rings. The molecule has 3 heterocycles. The van der Waals surface area contributed by atoms with Gasteiger partial charge in [-0.3, -0.25) is 4.79 Å². The van der Waals surface area contributed by atoms with E-state index in [1.54, 1.807) is 0 Å². The van der Waals surface area contributed by atoms with Crippen LogP contribution in [-0.2, 0) is 11.2 Å². The zero-order chi connectivity index (χ0) is 20.8. The van der Waals surface area contributed by atoms with E-state index in [0.29, 0.717) is 24.2 Å². The zero-order valence-electron chi connectivity index (χ0n) is 18.3. The van der Waals surface area contributed by atoms with E-state index in [4.69, 9.17) is 11.6 Å². The molecule has 5 rings (SSSR count). The summed E-state index contributed by atoms with van der Waals surface area (Å²) < 4.78 is 0. The molecule has 0 radical (unpaired) electrons. The number of benzene rings is 1. The maximum absolute atomic E-state index is 13.4. The van der Waals surface area contributed by atoms with Crippen molar-refractivity contribution in [1.82, 2.24) is 14.8 Å². The number of amides is 1. The van der Waals surface area contributed by atoms with Crippen molar-refractivity contribution in [3.05, 3.63) is 34.5 Å². The maximum atomic E-state index is 13.4. The average Bonchev–Trinajstić information content (AvgIpc) is 3.50. The van der Waals surface area contributed by atoms with Crippen LogP contribution in [0.1, 0.15) is 69.7 Å². The van der Waals surface area contributed by atoms with Crippen LogP contribution in [-0.4, -0.2) is 46.4 Å². The Bertz CT molecular complexity index is 924. The van der Waals surface area contributed by atoms with E-state index < -0.39 is 0 Å². The third-order valence-corrected chi connectivity index (χ3v) is 7.64. The van der Waals surface area contributed by atoms with Gasteiger partial charge in [0.1, 0.15) is 0 Å². The fourth-order valence-corrected chi connectivity index (χ4v) is 5.83. The maximum Gasteiger partial charge on any atom is 0.223 e. The lowest BCUT2D eigenvalue weighted by Crippen LogP contribution is -2.42. The predicted octanol–water partition coefficient (Wildman–Crippen LogP) is 5.56. The summed E-state index contributed by atoms with van der Waals surface area (Å²) in [6.45, 7) is 7.70. The molecule has 1 N–H and O–H groups in total. The van der Waals surface area contributed by atoms with Gasteiger partial charge in [0.25, 0.3) is 0 Å². The Hall–Kier alpha value is -1.52.